The van der Waals surface area contributed by atoms with Gasteiger partial charge in [0.1, 0.15) is 17.3 Å². The van der Waals surface area contributed by atoms with Crippen LogP contribution in [0, 0.1) is 5.92 Å². The van der Waals surface area contributed by atoms with Gasteiger partial charge in [-0.3, -0.25) is 9.78 Å². The van der Waals surface area contributed by atoms with E-state index in [9.17, 15) is 0 Å². The zero-order chi connectivity index (χ0) is 43.9. The van der Waals surface area contributed by atoms with Crippen LogP contribution in [0.25, 0.3) is 0 Å². The van der Waals surface area contributed by atoms with Crippen molar-refractivity contribution in [2.24, 2.45) is 5.92 Å². The minimum atomic E-state index is 0.430. The highest BCUT2D eigenvalue weighted by atomic mass is 16.5. The van der Waals surface area contributed by atoms with Crippen molar-refractivity contribution >= 4 is 0 Å². The first kappa shape index (κ1) is 48.0. The van der Waals surface area contributed by atoms with Crippen molar-refractivity contribution < 1.29 is 18.5 Å². The van der Waals surface area contributed by atoms with Crippen molar-refractivity contribution in [2.75, 3.05) is 19.8 Å². The summed E-state index contributed by atoms with van der Waals surface area (Å²) >= 11 is 0. The molecular formula is C48H77N9O4. The molecule has 0 saturated heterocycles. The van der Waals surface area contributed by atoms with Crippen molar-refractivity contribution in [2.45, 2.75) is 190 Å². The molecule has 1 aliphatic carbocycles. The van der Waals surface area contributed by atoms with E-state index in [4.69, 9.17) is 18.5 Å². The second kappa shape index (κ2) is 24.0. The largest absolute Gasteiger partial charge is 0.376 e. The Bertz CT molecular complexity index is 1820. The van der Waals surface area contributed by atoms with Gasteiger partial charge in [-0.15, -0.1) is 0 Å². The molecule has 10 rings (SSSR count). The first-order chi connectivity index (χ1) is 29.3. The lowest BCUT2D eigenvalue weighted by Crippen LogP contribution is -2.27. The second-order valence-corrected chi connectivity index (χ2v) is 18.6. The minimum absolute atomic E-state index is 0.430. The van der Waals surface area contributed by atoms with Crippen molar-refractivity contribution in [3.8, 4) is 0 Å². The smallest absolute Gasteiger partial charge is 0.144 e. The van der Waals surface area contributed by atoms with Gasteiger partial charge in [-0.2, -0.15) is 10.2 Å². The van der Waals surface area contributed by atoms with Crippen LogP contribution >= 0.6 is 0 Å². The van der Waals surface area contributed by atoms with Gasteiger partial charge in [-0.05, 0) is 74.2 Å². The molecule has 0 unspecified atom stereocenters. The summed E-state index contributed by atoms with van der Waals surface area (Å²) < 4.78 is 25.6. The predicted octanol–water partition coefficient (Wildman–Crippen LogP) is 10.1. The summed E-state index contributed by atoms with van der Waals surface area (Å²) in [7, 11) is 0. The molecule has 0 aromatic carbocycles. The molecule has 2 N–H and O–H groups in total. The minimum Gasteiger partial charge on any atom is -0.376 e. The number of aromatic amines is 1. The maximum atomic E-state index is 5.39. The summed E-state index contributed by atoms with van der Waals surface area (Å²) in [6, 6.07) is 2.11. The third-order valence-corrected chi connectivity index (χ3v) is 11.1. The van der Waals surface area contributed by atoms with Crippen LogP contribution in [-0.4, -0.2) is 59.6 Å². The first-order valence-electron chi connectivity index (χ1n) is 23.3. The van der Waals surface area contributed by atoms with Crippen LogP contribution in [0.1, 0.15) is 194 Å². The van der Waals surface area contributed by atoms with Crippen LogP contribution < -0.4 is 5.32 Å². The summed E-state index contributed by atoms with van der Waals surface area (Å²) in [4.78, 5) is 4.55. The molecule has 0 fully saturated rings. The number of imidazole rings is 1. The number of H-pyrrole nitrogens is 1. The third-order valence-electron chi connectivity index (χ3n) is 11.1. The zero-order valence-electron chi connectivity index (χ0n) is 39.4. The molecule has 13 heteroatoms. The van der Waals surface area contributed by atoms with Gasteiger partial charge in [0.25, 0.3) is 0 Å². The number of fused-ring (bicyclic) bond motifs is 5. The van der Waals surface area contributed by atoms with Crippen LogP contribution in [0.3, 0.4) is 0 Å². The molecule has 5 aromatic heterocycles. The van der Waals surface area contributed by atoms with Crippen LogP contribution in [0.4, 0.5) is 0 Å². The molecular weight excluding hydrogens is 767 g/mol. The van der Waals surface area contributed by atoms with Crippen molar-refractivity contribution in [1.82, 2.24) is 45.2 Å². The number of ether oxygens (including phenoxy) is 2. The SMILES string of the molecule is CC(C)C.CC(C)c1cn2c(n1)CNCC2.CC(C)c1n[nH]c2c1COCC2.CC(C)c1noc2c1CCCC2.CC(C)c1noc2c1COCC2.c1cc2n(n1)CCCC2. The molecule has 0 spiro atoms. The number of nitrogens with one attached hydrogen (secondary N) is 2. The van der Waals surface area contributed by atoms with Gasteiger partial charge in [-0.1, -0.05) is 86.5 Å². The lowest BCUT2D eigenvalue weighted by atomic mass is 9.93. The Morgan fingerprint density at radius 2 is 1.26 bits per heavy atom. The van der Waals surface area contributed by atoms with E-state index in [1.165, 1.54) is 89.5 Å². The maximum Gasteiger partial charge on any atom is 0.144 e. The molecule has 5 aliphatic rings. The molecule has 9 heterocycles. The highest BCUT2D eigenvalue weighted by Crippen LogP contribution is 2.29. The number of hydrogen-bond donors (Lipinski definition) is 2. The van der Waals surface area contributed by atoms with Gasteiger partial charge >= 0.3 is 0 Å². The summed E-state index contributed by atoms with van der Waals surface area (Å²) in [5, 5.41) is 23.0. The number of hydrogen-bond acceptors (Lipinski definition) is 10. The zero-order valence-corrected chi connectivity index (χ0v) is 39.4. The molecule has 5 aromatic rings. The monoisotopic (exact) mass is 844 g/mol. The van der Waals surface area contributed by atoms with E-state index < -0.39 is 0 Å². The molecule has 4 aliphatic heterocycles. The summed E-state index contributed by atoms with van der Waals surface area (Å²) in [5.41, 5.74) is 11.2. The lowest BCUT2D eigenvalue weighted by Gasteiger charge is -2.13. The Morgan fingerprint density at radius 1 is 0.639 bits per heavy atom. The number of aromatic nitrogens is 8. The Balaban J connectivity index is 0.000000142. The highest BCUT2D eigenvalue weighted by Gasteiger charge is 2.22. The average molecular weight is 844 g/mol. The van der Waals surface area contributed by atoms with E-state index in [-0.39, 0.29) is 0 Å². The predicted molar refractivity (Wildman–Crippen MR) is 241 cm³/mol. The quantitative estimate of drug-likeness (QED) is 0.179. The molecule has 13 nitrogen and oxygen atoms in total. The van der Waals surface area contributed by atoms with Crippen LogP contribution in [0.5, 0.6) is 0 Å². The third kappa shape index (κ3) is 14.0. The number of rotatable bonds is 4. The first-order valence-corrected chi connectivity index (χ1v) is 23.3. The molecule has 0 radical (unpaired) electrons. The fourth-order valence-corrected chi connectivity index (χ4v) is 7.81. The van der Waals surface area contributed by atoms with E-state index in [0.29, 0.717) is 30.3 Å². The summed E-state index contributed by atoms with van der Waals surface area (Å²) in [5.74, 6) is 6.16. The van der Waals surface area contributed by atoms with E-state index >= 15 is 0 Å². The van der Waals surface area contributed by atoms with Gasteiger partial charge in [0.15, 0.2) is 0 Å². The van der Waals surface area contributed by atoms with Crippen molar-refractivity contribution in [3.05, 3.63) is 86.7 Å². The fourth-order valence-electron chi connectivity index (χ4n) is 7.81. The van der Waals surface area contributed by atoms with E-state index in [2.05, 4.69) is 134 Å². The highest BCUT2D eigenvalue weighted by molar-refractivity contribution is 5.29. The molecule has 0 atom stereocenters. The Labute approximate surface area is 365 Å². The summed E-state index contributed by atoms with van der Waals surface area (Å²) in [6.07, 6.45) is 14.6. The standard InChI is InChI=1S/C10H15NO.C9H15N3.C9H14N2O.C9H13NO2.C7H10N2.C4H10/c1-7(2)10-8-5-3-4-6-9(8)12-11-10;1-7(2)8-6-12-4-3-10-5-9(12)11-8;1-6(2)9-7-5-12-4-3-8(7)10-11-9;1-6(2)9-7-5-11-4-3-8(7)12-10-9;1-2-6-9-7(3-1)4-5-8-9;1-4(2)3/h7H,3-6H2,1-2H3;6-7,10H,3-5H2,1-2H3;6H,3-5H2,1-2H3,(H,10,11);6H,3-5H2,1-2H3;4-5H,1-3,6H2;4H,1-3H3. The Hall–Kier alpha value is -4.07. The van der Waals surface area contributed by atoms with Gasteiger partial charge in [0, 0.05) is 79.4 Å². The van der Waals surface area contributed by atoms with Gasteiger partial charge in [0.2, 0.25) is 0 Å². The van der Waals surface area contributed by atoms with Crippen LogP contribution in [-0.2, 0) is 74.4 Å². The van der Waals surface area contributed by atoms with Crippen molar-refractivity contribution in [3.63, 3.8) is 0 Å². The molecule has 338 valence electrons. The number of aryl methyl sites for hydroxylation is 3. The van der Waals surface area contributed by atoms with Gasteiger partial charge < -0.3 is 28.4 Å². The van der Waals surface area contributed by atoms with Crippen molar-refractivity contribution in [1.29, 1.82) is 0 Å². The van der Waals surface area contributed by atoms with Crippen LogP contribution in [0.15, 0.2) is 27.5 Å². The normalized spacial score (nSPS) is 16.2. The molecule has 61 heavy (non-hydrogen) atoms. The lowest BCUT2D eigenvalue weighted by molar-refractivity contribution is 0.102. The fraction of sp³-hybridized carbons (Fsp3) is 0.688. The van der Waals surface area contributed by atoms with Crippen LogP contribution in [0.2, 0.25) is 0 Å². The average Bonchev–Trinajstić information content (AvgIpc) is 4.10. The van der Waals surface area contributed by atoms with E-state index in [1.807, 2.05) is 6.20 Å². The second-order valence-electron chi connectivity index (χ2n) is 18.6. The van der Waals surface area contributed by atoms with Gasteiger partial charge in [0.05, 0.1) is 55.7 Å². The molecule has 0 saturated carbocycles. The topological polar surface area (TPSA) is 147 Å². The molecule has 0 amide bonds. The maximum absolute atomic E-state index is 5.39. The Kier molecular flexibility index (Phi) is 18.8. The number of nitrogens with zero attached hydrogens (tertiary/aromatic N) is 7. The summed E-state index contributed by atoms with van der Waals surface area (Å²) in [6.45, 7) is 30.9. The van der Waals surface area contributed by atoms with Gasteiger partial charge in [-0.25, -0.2) is 4.98 Å². The van der Waals surface area contributed by atoms with E-state index in [0.717, 1.165) is 88.4 Å². The van der Waals surface area contributed by atoms with E-state index in [1.54, 1.807) is 0 Å². The Morgan fingerprint density at radius 3 is 1.92 bits per heavy atom. The molecule has 0 bridgehead atoms.